The lowest BCUT2D eigenvalue weighted by atomic mass is 10.1. The fourth-order valence-electron chi connectivity index (χ4n) is 2.98. The maximum Gasteiger partial charge on any atom is 0.269 e. The molecule has 8 heteroatoms. The van der Waals surface area contributed by atoms with Gasteiger partial charge in [0.2, 0.25) is 5.78 Å². The van der Waals surface area contributed by atoms with E-state index in [0.717, 1.165) is 12.1 Å². The summed E-state index contributed by atoms with van der Waals surface area (Å²) >= 11 is 0. The molecule has 7 nitrogen and oxygen atoms in total. The second-order valence-electron chi connectivity index (χ2n) is 6.40. The van der Waals surface area contributed by atoms with E-state index in [-0.39, 0.29) is 28.3 Å². The highest BCUT2D eigenvalue weighted by Gasteiger charge is 2.24. The molecule has 0 saturated heterocycles. The van der Waals surface area contributed by atoms with Gasteiger partial charge >= 0.3 is 0 Å². The summed E-state index contributed by atoms with van der Waals surface area (Å²) < 4.78 is 18.9. The second kappa shape index (κ2) is 7.59. The van der Waals surface area contributed by atoms with E-state index in [1.807, 2.05) is 0 Å². The highest BCUT2D eigenvalue weighted by molar-refractivity contribution is 6.18. The standard InChI is InChI=1S/C22H13FN2O5/c23-15-9-5-13(6-10-15)20(26)21-19(17-3-1-2-4-18(17)30-21)24-22(27)14-7-11-16(12-8-14)25(28)29/h1-12H,(H,24,27). The fraction of sp³-hybridized carbons (Fsp3) is 0. The van der Waals surface area contributed by atoms with Gasteiger partial charge < -0.3 is 9.73 Å². The quantitative estimate of drug-likeness (QED) is 0.288. The summed E-state index contributed by atoms with van der Waals surface area (Å²) in [6.07, 6.45) is 0. The predicted molar refractivity (Wildman–Crippen MR) is 107 cm³/mol. The molecular weight excluding hydrogens is 391 g/mol. The Bertz CT molecular complexity index is 1280. The third-order valence-corrected chi connectivity index (χ3v) is 4.49. The normalized spacial score (nSPS) is 10.7. The number of rotatable bonds is 5. The third-order valence-electron chi connectivity index (χ3n) is 4.49. The molecule has 4 rings (SSSR count). The molecule has 1 aromatic heterocycles. The second-order valence-corrected chi connectivity index (χ2v) is 6.40. The van der Waals surface area contributed by atoms with Crippen molar-refractivity contribution in [2.75, 3.05) is 5.32 Å². The van der Waals surface area contributed by atoms with Crippen LogP contribution in [0.1, 0.15) is 26.5 Å². The average molecular weight is 404 g/mol. The zero-order valence-corrected chi connectivity index (χ0v) is 15.3. The van der Waals surface area contributed by atoms with Crippen LogP contribution in [0, 0.1) is 15.9 Å². The van der Waals surface area contributed by atoms with Crippen molar-refractivity contribution in [2.24, 2.45) is 0 Å². The number of fused-ring (bicyclic) bond motifs is 1. The number of hydrogen-bond donors (Lipinski definition) is 1. The van der Waals surface area contributed by atoms with Crippen molar-refractivity contribution in [1.29, 1.82) is 0 Å². The van der Waals surface area contributed by atoms with Crippen molar-refractivity contribution in [3.8, 4) is 0 Å². The number of benzene rings is 3. The van der Waals surface area contributed by atoms with Crippen LogP contribution in [0.4, 0.5) is 15.8 Å². The number of carbonyl (C=O) groups excluding carboxylic acids is 2. The van der Waals surface area contributed by atoms with Crippen molar-refractivity contribution < 1.29 is 23.3 Å². The number of carbonyl (C=O) groups is 2. The average Bonchev–Trinajstić information content (AvgIpc) is 3.12. The van der Waals surface area contributed by atoms with Crippen LogP contribution >= 0.6 is 0 Å². The van der Waals surface area contributed by atoms with E-state index in [1.165, 1.54) is 36.4 Å². The molecule has 1 amide bonds. The van der Waals surface area contributed by atoms with E-state index < -0.39 is 22.4 Å². The Morgan fingerprint density at radius 1 is 0.900 bits per heavy atom. The number of nitrogens with one attached hydrogen (secondary N) is 1. The first-order valence-electron chi connectivity index (χ1n) is 8.81. The number of nitrogens with zero attached hydrogens (tertiary/aromatic N) is 1. The first kappa shape index (κ1) is 19.0. The molecule has 4 aromatic rings. The van der Waals surface area contributed by atoms with E-state index in [2.05, 4.69) is 5.32 Å². The highest BCUT2D eigenvalue weighted by atomic mass is 19.1. The minimum absolute atomic E-state index is 0.0990. The smallest absolute Gasteiger partial charge is 0.269 e. The van der Waals surface area contributed by atoms with Gasteiger partial charge in [0.1, 0.15) is 11.4 Å². The Kier molecular flexibility index (Phi) is 4.81. The molecule has 30 heavy (non-hydrogen) atoms. The van der Waals surface area contributed by atoms with Gasteiger partial charge in [-0.2, -0.15) is 0 Å². The molecule has 0 bridgehead atoms. The van der Waals surface area contributed by atoms with Crippen molar-refractivity contribution in [1.82, 2.24) is 0 Å². The summed E-state index contributed by atoms with van der Waals surface area (Å²) in [5.74, 6) is -1.67. The van der Waals surface area contributed by atoms with Crippen molar-refractivity contribution in [2.45, 2.75) is 0 Å². The lowest BCUT2D eigenvalue weighted by molar-refractivity contribution is -0.384. The molecule has 0 aliphatic heterocycles. The van der Waals surface area contributed by atoms with Crippen LogP contribution < -0.4 is 5.32 Å². The largest absolute Gasteiger partial charge is 0.450 e. The summed E-state index contributed by atoms with van der Waals surface area (Å²) in [5.41, 5.74) is 0.782. The number of furan rings is 1. The van der Waals surface area contributed by atoms with Crippen molar-refractivity contribution >= 4 is 34.0 Å². The van der Waals surface area contributed by atoms with Gasteiger partial charge in [0, 0.05) is 28.6 Å². The predicted octanol–water partition coefficient (Wildman–Crippen LogP) is 4.96. The van der Waals surface area contributed by atoms with Crippen LogP contribution in [0.5, 0.6) is 0 Å². The Hall–Kier alpha value is -4.33. The summed E-state index contributed by atoms with van der Waals surface area (Å²) in [4.78, 5) is 35.9. The molecule has 0 aliphatic rings. The molecule has 1 heterocycles. The first-order valence-corrected chi connectivity index (χ1v) is 8.81. The van der Waals surface area contributed by atoms with Gasteiger partial charge in [-0.1, -0.05) is 12.1 Å². The minimum Gasteiger partial charge on any atom is -0.450 e. The van der Waals surface area contributed by atoms with E-state index in [4.69, 9.17) is 4.42 Å². The van der Waals surface area contributed by atoms with Gasteiger partial charge in [0.25, 0.3) is 11.6 Å². The number of hydrogen-bond acceptors (Lipinski definition) is 5. The van der Waals surface area contributed by atoms with E-state index in [1.54, 1.807) is 24.3 Å². The van der Waals surface area contributed by atoms with Crippen molar-refractivity contribution in [3.05, 3.63) is 106 Å². The van der Waals surface area contributed by atoms with Gasteiger partial charge in [-0.25, -0.2) is 4.39 Å². The van der Waals surface area contributed by atoms with E-state index in [0.29, 0.717) is 11.0 Å². The van der Waals surface area contributed by atoms with Gasteiger partial charge in [-0.3, -0.25) is 19.7 Å². The van der Waals surface area contributed by atoms with Crippen LogP contribution in [0.3, 0.4) is 0 Å². The highest BCUT2D eigenvalue weighted by Crippen LogP contribution is 2.33. The molecule has 3 aromatic carbocycles. The number of non-ortho nitro benzene ring substituents is 1. The van der Waals surface area contributed by atoms with E-state index >= 15 is 0 Å². The Morgan fingerprint density at radius 2 is 1.53 bits per heavy atom. The maximum absolute atomic E-state index is 13.2. The number of nitro groups is 1. The minimum atomic E-state index is -0.565. The zero-order chi connectivity index (χ0) is 21.3. The number of anilines is 1. The molecule has 148 valence electrons. The molecule has 0 unspecified atom stereocenters. The number of para-hydroxylation sites is 1. The number of amides is 1. The number of halogens is 1. The van der Waals surface area contributed by atoms with Crippen LogP contribution in [-0.4, -0.2) is 16.6 Å². The zero-order valence-electron chi connectivity index (χ0n) is 15.3. The maximum atomic E-state index is 13.2. The van der Waals surface area contributed by atoms with Gasteiger partial charge in [0.05, 0.1) is 10.6 Å². The van der Waals surface area contributed by atoms with Gasteiger partial charge in [-0.15, -0.1) is 0 Å². The summed E-state index contributed by atoms with van der Waals surface area (Å²) in [5, 5.41) is 14.0. The summed E-state index contributed by atoms with van der Waals surface area (Å²) in [6.45, 7) is 0. The fourth-order valence-corrected chi connectivity index (χ4v) is 2.98. The molecule has 1 N–H and O–H groups in total. The number of ketones is 1. The lowest BCUT2D eigenvalue weighted by Crippen LogP contribution is -2.14. The first-order chi connectivity index (χ1) is 14.4. The van der Waals surface area contributed by atoms with Crippen molar-refractivity contribution in [3.63, 3.8) is 0 Å². The number of nitro benzene ring substituents is 1. The monoisotopic (exact) mass is 404 g/mol. The Labute approximate surface area is 168 Å². The van der Waals surface area contributed by atoms with Crippen LogP contribution in [0.15, 0.2) is 77.2 Å². The van der Waals surface area contributed by atoms with Crippen LogP contribution in [0.2, 0.25) is 0 Å². The molecule has 0 radical (unpaired) electrons. The van der Waals surface area contributed by atoms with E-state index in [9.17, 15) is 24.1 Å². The Balaban J connectivity index is 1.73. The summed E-state index contributed by atoms with van der Waals surface area (Å²) in [7, 11) is 0. The van der Waals surface area contributed by atoms with Gasteiger partial charge in [-0.05, 0) is 48.5 Å². The van der Waals surface area contributed by atoms with Crippen LogP contribution in [-0.2, 0) is 0 Å². The molecule has 0 spiro atoms. The molecular formula is C22H13FN2O5. The SMILES string of the molecule is O=C(Nc1c(C(=O)c2ccc(F)cc2)oc2ccccc12)c1ccc([N+](=O)[O-])cc1. The van der Waals surface area contributed by atoms with Gasteiger partial charge in [0.15, 0.2) is 5.76 Å². The summed E-state index contributed by atoms with van der Waals surface area (Å²) in [6, 6.07) is 16.8. The molecule has 0 atom stereocenters. The topological polar surface area (TPSA) is 102 Å². The Morgan fingerprint density at radius 3 is 2.20 bits per heavy atom. The third kappa shape index (κ3) is 3.53. The van der Waals surface area contributed by atoms with Crippen LogP contribution in [0.25, 0.3) is 11.0 Å². The molecule has 0 aliphatic carbocycles. The molecule has 0 saturated carbocycles. The molecule has 0 fully saturated rings. The lowest BCUT2D eigenvalue weighted by Gasteiger charge is -2.06.